The number of carboxylic acids is 1. The van der Waals surface area contributed by atoms with Gasteiger partial charge in [-0.2, -0.15) is 0 Å². The summed E-state index contributed by atoms with van der Waals surface area (Å²) in [6, 6.07) is 4.80. The van der Waals surface area contributed by atoms with Gasteiger partial charge in [-0.05, 0) is 32.0 Å². The molecule has 0 aliphatic rings. The maximum absolute atomic E-state index is 12.1. The summed E-state index contributed by atoms with van der Waals surface area (Å²) in [5, 5.41) is 11.4. The van der Waals surface area contributed by atoms with Crippen molar-refractivity contribution in [3.8, 4) is 11.5 Å². The number of amides is 1. The molecule has 0 aliphatic carbocycles. The van der Waals surface area contributed by atoms with Gasteiger partial charge in [-0.3, -0.25) is 4.79 Å². The molecule has 1 amide bonds. The molecular weight excluding hydrogens is 290 g/mol. The molecular formula is C15H21NO6. The van der Waals surface area contributed by atoms with E-state index >= 15 is 0 Å². The first-order valence-corrected chi connectivity index (χ1v) is 6.96. The molecule has 0 bridgehead atoms. The van der Waals surface area contributed by atoms with E-state index in [2.05, 4.69) is 5.32 Å². The zero-order chi connectivity index (χ0) is 16.5. The van der Waals surface area contributed by atoms with Crippen LogP contribution in [0.5, 0.6) is 11.5 Å². The average Bonchev–Trinajstić information content (AvgIpc) is 2.49. The number of hydrogen-bond donors (Lipinski definition) is 2. The van der Waals surface area contributed by atoms with Crippen LogP contribution in [0.4, 0.5) is 0 Å². The summed E-state index contributed by atoms with van der Waals surface area (Å²) in [5.74, 6) is -0.517. The maximum atomic E-state index is 12.1. The lowest BCUT2D eigenvalue weighted by atomic mass is 10.2. The van der Waals surface area contributed by atoms with Crippen molar-refractivity contribution < 1.29 is 28.9 Å². The number of carboxylic acid groups (broad SMARTS) is 1. The smallest absolute Gasteiger partial charge is 0.334 e. The fraction of sp³-hybridized carbons (Fsp3) is 0.467. The number of methoxy groups -OCH3 is 1. The molecule has 1 unspecified atom stereocenters. The Balaban J connectivity index is 2.80. The van der Waals surface area contributed by atoms with E-state index in [1.807, 2.05) is 13.8 Å². The number of rotatable bonds is 9. The highest BCUT2D eigenvalue weighted by atomic mass is 16.5. The third-order valence-corrected chi connectivity index (χ3v) is 2.81. The van der Waals surface area contributed by atoms with Crippen LogP contribution in [0.1, 0.15) is 24.2 Å². The van der Waals surface area contributed by atoms with Crippen molar-refractivity contribution in [3.05, 3.63) is 23.8 Å². The predicted molar refractivity (Wildman–Crippen MR) is 79.5 cm³/mol. The Morgan fingerprint density at radius 2 is 1.82 bits per heavy atom. The summed E-state index contributed by atoms with van der Waals surface area (Å²) >= 11 is 0. The molecule has 1 aromatic rings. The Morgan fingerprint density at radius 3 is 2.36 bits per heavy atom. The van der Waals surface area contributed by atoms with Crippen LogP contribution in [0.2, 0.25) is 0 Å². The van der Waals surface area contributed by atoms with Gasteiger partial charge >= 0.3 is 5.97 Å². The molecule has 122 valence electrons. The molecule has 0 heterocycles. The fourth-order valence-electron chi connectivity index (χ4n) is 1.75. The zero-order valence-electron chi connectivity index (χ0n) is 12.9. The van der Waals surface area contributed by atoms with Crippen LogP contribution in [0, 0.1) is 0 Å². The van der Waals surface area contributed by atoms with Gasteiger partial charge in [-0.25, -0.2) is 4.79 Å². The topological polar surface area (TPSA) is 94.1 Å². The molecule has 7 nitrogen and oxygen atoms in total. The fourth-order valence-corrected chi connectivity index (χ4v) is 1.75. The number of hydrogen-bond acceptors (Lipinski definition) is 5. The van der Waals surface area contributed by atoms with Gasteiger partial charge in [0.2, 0.25) is 0 Å². The van der Waals surface area contributed by atoms with Crippen molar-refractivity contribution in [3.63, 3.8) is 0 Å². The Morgan fingerprint density at radius 1 is 1.18 bits per heavy atom. The van der Waals surface area contributed by atoms with Crippen molar-refractivity contribution >= 4 is 11.9 Å². The monoisotopic (exact) mass is 311 g/mol. The first-order chi connectivity index (χ1) is 10.5. The van der Waals surface area contributed by atoms with Crippen LogP contribution in [0.3, 0.4) is 0 Å². The minimum atomic E-state index is -1.13. The van der Waals surface area contributed by atoms with E-state index in [9.17, 15) is 9.59 Å². The third-order valence-electron chi connectivity index (χ3n) is 2.81. The van der Waals surface area contributed by atoms with Gasteiger partial charge in [0.1, 0.15) is 0 Å². The second-order valence-electron chi connectivity index (χ2n) is 4.30. The van der Waals surface area contributed by atoms with E-state index in [1.165, 1.54) is 7.11 Å². The summed E-state index contributed by atoms with van der Waals surface area (Å²) in [5.41, 5.74) is 0.354. The van der Waals surface area contributed by atoms with E-state index in [0.717, 1.165) is 0 Å². The summed E-state index contributed by atoms with van der Waals surface area (Å²) in [7, 11) is 1.27. The Bertz CT molecular complexity index is 517. The summed E-state index contributed by atoms with van der Waals surface area (Å²) in [6.45, 7) is 4.49. The molecule has 7 heteroatoms. The minimum Gasteiger partial charge on any atom is -0.490 e. The van der Waals surface area contributed by atoms with Gasteiger partial charge in [-0.1, -0.05) is 0 Å². The Kier molecular flexibility index (Phi) is 7.18. The molecule has 1 atom stereocenters. The normalized spacial score (nSPS) is 11.6. The first-order valence-electron chi connectivity index (χ1n) is 6.96. The summed E-state index contributed by atoms with van der Waals surface area (Å²) in [6.07, 6.45) is -1.09. The van der Waals surface area contributed by atoms with Gasteiger partial charge in [0.25, 0.3) is 5.91 Å². The molecule has 0 aliphatic heterocycles. The quantitative estimate of drug-likeness (QED) is 0.714. The standard InChI is InChI=1S/C15H21NO6/c1-4-21-11-7-6-10(8-12(11)22-5-2)14(17)16-9-13(20-3)15(18)19/h6-8,13H,4-5,9H2,1-3H3,(H,16,17)(H,18,19). The van der Waals surface area contributed by atoms with E-state index in [4.69, 9.17) is 19.3 Å². The SMILES string of the molecule is CCOc1ccc(C(=O)NCC(OC)C(=O)O)cc1OCC. The minimum absolute atomic E-state index is 0.123. The number of benzene rings is 1. The van der Waals surface area contributed by atoms with Crippen LogP contribution in [-0.2, 0) is 9.53 Å². The number of carbonyl (C=O) groups is 2. The maximum Gasteiger partial charge on any atom is 0.334 e. The predicted octanol–water partition coefficient (Wildman–Crippen LogP) is 1.31. The molecule has 1 rings (SSSR count). The van der Waals surface area contributed by atoms with E-state index < -0.39 is 18.0 Å². The van der Waals surface area contributed by atoms with E-state index in [1.54, 1.807) is 18.2 Å². The number of carbonyl (C=O) groups excluding carboxylic acids is 1. The van der Waals surface area contributed by atoms with Crippen molar-refractivity contribution in [1.82, 2.24) is 5.32 Å². The molecule has 0 aromatic heterocycles. The molecule has 0 spiro atoms. The molecule has 22 heavy (non-hydrogen) atoms. The van der Waals surface area contributed by atoms with Gasteiger partial charge in [0.15, 0.2) is 17.6 Å². The number of nitrogens with one attached hydrogen (secondary N) is 1. The Labute approximate surface area is 129 Å². The van der Waals surface area contributed by atoms with Crippen molar-refractivity contribution in [2.45, 2.75) is 20.0 Å². The molecule has 1 aromatic carbocycles. The number of aliphatic carboxylic acids is 1. The summed E-state index contributed by atoms with van der Waals surface area (Å²) < 4.78 is 15.6. The largest absolute Gasteiger partial charge is 0.490 e. The lowest BCUT2D eigenvalue weighted by molar-refractivity contribution is -0.148. The second kappa shape index (κ2) is 8.89. The lowest BCUT2D eigenvalue weighted by Crippen LogP contribution is -2.37. The van der Waals surface area contributed by atoms with Crippen LogP contribution in [0.25, 0.3) is 0 Å². The van der Waals surface area contributed by atoms with Gasteiger partial charge in [-0.15, -0.1) is 0 Å². The van der Waals surface area contributed by atoms with Crippen molar-refractivity contribution in [1.29, 1.82) is 0 Å². The lowest BCUT2D eigenvalue weighted by Gasteiger charge is -2.14. The zero-order valence-corrected chi connectivity index (χ0v) is 12.9. The Hall–Kier alpha value is -2.28. The first kappa shape index (κ1) is 17.8. The van der Waals surface area contributed by atoms with Gasteiger partial charge < -0.3 is 24.6 Å². The van der Waals surface area contributed by atoms with Crippen molar-refractivity contribution in [2.75, 3.05) is 26.9 Å². The molecule has 0 radical (unpaired) electrons. The van der Waals surface area contributed by atoms with Crippen LogP contribution < -0.4 is 14.8 Å². The van der Waals surface area contributed by atoms with Crippen LogP contribution in [-0.4, -0.2) is 50.0 Å². The van der Waals surface area contributed by atoms with Crippen LogP contribution >= 0.6 is 0 Å². The molecule has 0 saturated carbocycles. The summed E-state index contributed by atoms with van der Waals surface area (Å²) in [4.78, 5) is 22.9. The molecule has 0 saturated heterocycles. The highest BCUT2D eigenvalue weighted by molar-refractivity contribution is 5.95. The van der Waals surface area contributed by atoms with Gasteiger partial charge in [0.05, 0.1) is 19.8 Å². The molecule has 0 fully saturated rings. The highest BCUT2D eigenvalue weighted by Gasteiger charge is 2.18. The number of ether oxygens (including phenoxy) is 3. The van der Waals surface area contributed by atoms with E-state index in [0.29, 0.717) is 30.3 Å². The third kappa shape index (κ3) is 4.92. The highest BCUT2D eigenvalue weighted by Crippen LogP contribution is 2.28. The van der Waals surface area contributed by atoms with E-state index in [-0.39, 0.29) is 6.54 Å². The molecule has 2 N–H and O–H groups in total. The average molecular weight is 311 g/mol. The second-order valence-corrected chi connectivity index (χ2v) is 4.30. The van der Waals surface area contributed by atoms with Crippen LogP contribution in [0.15, 0.2) is 18.2 Å². The van der Waals surface area contributed by atoms with Crippen molar-refractivity contribution in [2.24, 2.45) is 0 Å². The van der Waals surface area contributed by atoms with Gasteiger partial charge in [0, 0.05) is 12.7 Å².